The minimum absolute atomic E-state index is 0.148. The number of fused-ring (bicyclic) bond motifs is 1. The summed E-state index contributed by atoms with van der Waals surface area (Å²) in [6.45, 7) is 7.88. The van der Waals surface area contributed by atoms with E-state index in [2.05, 4.69) is 33.5 Å². The van der Waals surface area contributed by atoms with Gasteiger partial charge in [0, 0.05) is 31.1 Å². The first-order valence-electron chi connectivity index (χ1n) is 12.7. The minimum Gasteiger partial charge on any atom is -0.371 e. The van der Waals surface area contributed by atoms with E-state index < -0.39 is 5.76 Å². The van der Waals surface area contributed by atoms with E-state index >= 15 is 0 Å². The Morgan fingerprint density at radius 2 is 2.00 bits per heavy atom. The summed E-state index contributed by atoms with van der Waals surface area (Å²) < 4.78 is 13.2. The summed E-state index contributed by atoms with van der Waals surface area (Å²) in [5.74, 6) is 1.81. The molecule has 1 N–H and O–H groups in total. The molecule has 10 heteroatoms. The molecule has 4 aromatic rings. The Labute approximate surface area is 214 Å². The second-order valence-electron chi connectivity index (χ2n) is 9.62. The average molecular weight is 511 g/mol. The molecular weight excluding hydrogens is 480 g/mol. The van der Waals surface area contributed by atoms with Gasteiger partial charge < -0.3 is 9.30 Å². The van der Waals surface area contributed by atoms with Crippen molar-refractivity contribution >= 4 is 22.6 Å². The molecule has 0 saturated heterocycles. The van der Waals surface area contributed by atoms with Crippen molar-refractivity contribution in [1.29, 1.82) is 0 Å². The zero-order valence-electron chi connectivity index (χ0n) is 20.8. The fourth-order valence-corrected chi connectivity index (χ4v) is 5.33. The van der Waals surface area contributed by atoms with Crippen LogP contribution in [-0.4, -0.2) is 36.3 Å². The van der Waals surface area contributed by atoms with Crippen molar-refractivity contribution < 1.29 is 9.26 Å². The predicted molar refractivity (Wildman–Crippen MR) is 138 cm³/mol. The van der Waals surface area contributed by atoms with Crippen molar-refractivity contribution in [3.8, 4) is 22.8 Å². The van der Waals surface area contributed by atoms with Crippen LogP contribution in [0.2, 0.25) is 5.02 Å². The standard InChI is InChI=1S/C26H31ClN6O3/c1-4-21(35-5-2)25-30-19-11-20(24-31-26(34)36-32-24)29-22(17-10-18(27)13-28-12-17)23(19)33(25)14-16-8-6-15(3)7-9-16/h10-13,15-16,21H,4-9,14H2,1-3H3,(H,31,32,34). The third kappa shape index (κ3) is 4.95. The number of aromatic nitrogens is 6. The minimum atomic E-state index is -0.641. The second-order valence-corrected chi connectivity index (χ2v) is 10.1. The number of ether oxygens (including phenoxy) is 1. The summed E-state index contributed by atoms with van der Waals surface area (Å²) in [4.78, 5) is 28.5. The molecule has 1 unspecified atom stereocenters. The zero-order chi connectivity index (χ0) is 25.2. The molecule has 5 rings (SSSR count). The highest BCUT2D eigenvalue weighted by molar-refractivity contribution is 6.30. The first kappa shape index (κ1) is 24.6. The molecule has 0 spiro atoms. The normalized spacial score (nSPS) is 19.1. The lowest BCUT2D eigenvalue weighted by Crippen LogP contribution is -2.21. The highest BCUT2D eigenvalue weighted by Gasteiger charge is 2.27. The van der Waals surface area contributed by atoms with Crippen LogP contribution in [0.3, 0.4) is 0 Å². The first-order valence-corrected chi connectivity index (χ1v) is 13.0. The third-order valence-electron chi connectivity index (χ3n) is 7.02. The summed E-state index contributed by atoms with van der Waals surface area (Å²) in [5, 5.41) is 4.36. The number of halogens is 1. The van der Waals surface area contributed by atoms with Crippen molar-refractivity contribution in [3.63, 3.8) is 0 Å². The zero-order valence-corrected chi connectivity index (χ0v) is 21.6. The molecule has 9 nitrogen and oxygen atoms in total. The maximum atomic E-state index is 11.7. The molecule has 0 bridgehead atoms. The smallest absolute Gasteiger partial charge is 0.371 e. The van der Waals surface area contributed by atoms with Crippen LogP contribution in [0.25, 0.3) is 33.8 Å². The highest BCUT2D eigenvalue weighted by Crippen LogP contribution is 2.37. The molecule has 0 amide bonds. The Morgan fingerprint density at radius 3 is 2.67 bits per heavy atom. The number of aromatic amines is 1. The summed E-state index contributed by atoms with van der Waals surface area (Å²) in [5.41, 5.74) is 3.54. The lowest BCUT2D eigenvalue weighted by atomic mass is 9.83. The van der Waals surface area contributed by atoms with Gasteiger partial charge >= 0.3 is 5.76 Å². The molecule has 190 valence electrons. The fourth-order valence-electron chi connectivity index (χ4n) is 5.16. The number of pyridine rings is 2. The highest BCUT2D eigenvalue weighted by atomic mass is 35.5. The molecule has 0 aromatic carbocycles. The largest absolute Gasteiger partial charge is 0.439 e. The number of hydrogen-bond donors (Lipinski definition) is 1. The Balaban J connectivity index is 1.74. The number of rotatable bonds is 8. The van der Waals surface area contributed by atoms with E-state index in [0.29, 0.717) is 28.9 Å². The van der Waals surface area contributed by atoms with Gasteiger partial charge in [0.15, 0.2) is 0 Å². The predicted octanol–water partition coefficient (Wildman–Crippen LogP) is 5.80. The molecular formula is C26H31ClN6O3. The van der Waals surface area contributed by atoms with Crippen LogP contribution in [0.1, 0.15) is 64.8 Å². The van der Waals surface area contributed by atoms with Gasteiger partial charge in [0.25, 0.3) is 0 Å². The van der Waals surface area contributed by atoms with E-state index in [1.54, 1.807) is 12.4 Å². The summed E-state index contributed by atoms with van der Waals surface area (Å²) in [7, 11) is 0. The van der Waals surface area contributed by atoms with Crippen molar-refractivity contribution in [3.05, 3.63) is 45.9 Å². The van der Waals surface area contributed by atoms with Crippen LogP contribution >= 0.6 is 11.6 Å². The number of nitrogens with one attached hydrogen (secondary N) is 1. The SMILES string of the molecule is CCOC(CC)c1nc2cc(-c3noc(=O)[nH]3)nc(-c3cncc(Cl)c3)c2n1CC1CCC(C)CC1. The lowest BCUT2D eigenvalue weighted by Gasteiger charge is -2.28. The van der Waals surface area contributed by atoms with E-state index in [-0.39, 0.29) is 11.9 Å². The summed E-state index contributed by atoms with van der Waals surface area (Å²) in [6.07, 6.45) is 8.83. The topological polar surface area (TPSA) is 112 Å². The average Bonchev–Trinajstić information content (AvgIpc) is 3.47. The molecule has 36 heavy (non-hydrogen) atoms. The van der Waals surface area contributed by atoms with Crippen LogP contribution in [0, 0.1) is 11.8 Å². The molecule has 1 aliphatic carbocycles. The van der Waals surface area contributed by atoms with Gasteiger partial charge in [-0.3, -0.25) is 14.5 Å². The van der Waals surface area contributed by atoms with Gasteiger partial charge in [0.1, 0.15) is 17.6 Å². The van der Waals surface area contributed by atoms with E-state index in [9.17, 15) is 4.79 Å². The van der Waals surface area contributed by atoms with Crippen molar-refractivity contribution in [2.45, 2.75) is 65.5 Å². The Hall–Kier alpha value is -3.04. The summed E-state index contributed by atoms with van der Waals surface area (Å²) >= 11 is 6.33. The molecule has 1 fully saturated rings. The van der Waals surface area contributed by atoms with Crippen molar-refractivity contribution in [2.24, 2.45) is 11.8 Å². The van der Waals surface area contributed by atoms with Crippen LogP contribution in [-0.2, 0) is 11.3 Å². The molecule has 1 atom stereocenters. The number of H-pyrrole nitrogens is 1. The maximum absolute atomic E-state index is 11.7. The van der Waals surface area contributed by atoms with E-state index in [1.807, 2.05) is 19.1 Å². The van der Waals surface area contributed by atoms with Gasteiger partial charge in [-0.05, 0) is 50.2 Å². The molecule has 1 saturated carbocycles. The van der Waals surface area contributed by atoms with Gasteiger partial charge in [-0.15, -0.1) is 0 Å². The van der Waals surface area contributed by atoms with Crippen LogP contribution in [0.4, 0.5) is 0 Å². The maximum Gasteiger partial charge on any atom is 0.439 e. The summed E-state index contributed by atoms with van der Waals surface area (Å²) in [6, 6.07) is 3.68. The van der Waals surface area contributed by atoms with Crippen LogP contribution < -0.4 is 5.76 Å². The number of nitrogens with zero attached hydrogens (tertiary/aromatic N) is 5. The molecule has 1 aliphatic rings. The third-order valence-corrected chi connectivity index (χ3v) is 7.22. The molecule has 4 aromatic heterocycles. The van der Waals surface area contributed by atoms with Crippen LogP contribution in [0.5, 0.6) is 0 Å². The monoisotopic (exact) mass is 510 g/mol. The second kappa shape index (κ2) is 10.5. The van der Waals surface area contributed by atoms with Crippen molar-refractivity contribution in [2.75, 3.05) is 6.61 Å². The quantitative estimate of drug-likeness (QED) is 0.318. The Morgan fingerprint density at radius 1 is 1.19 bits per heavy atom. The molecule has 4 heterocycles. The Kier molecular flexibility index (Phi) is 7.20. The van der Waals surface area contributed by atoms with Gasteiger partial charge in [0.2, 0.25) is 5.82 Å². The van der Waals surface area contributed by atoms with Crippen LogP contribution in [0.15, 0.2) is 33.8 Å². The van der Waals surface area contributed by atoms with E-state index in [1.165, 1.54) is 25.7 Å². The van der Waals surface area contributed by atoms with Gasteiger partial charge in [0.05, 0.1) is 21.7 Å². The van der Waals surface area contributed by atoms with Gasteiger partial charge in [-0.1, -0.05) is 43.4 Å². The lowest BCUT2D eigenvalue weighted by molar-refractivity contribution is 0.0503. The number of imidazole rings is 1. The number of hydrogen-bond acceptors (Lipinski definition) is 7. The molecule has 0 radical (unpaired) electrons. The van der Waals surface area contributed by atoms with Gasteiger partial charge in [-0.25, -0.2) is 14.8 Å². The molecule has 0 aliphatic heterocycles. The van der Waals surface area contributed by atoms with Gasteiger partial charge in [-0.2, -0.15) is 0 Å². The van der Waals surface area contributed by atoms with E-state index in [0.717, 1.165) is 41.3 Å². The fraction of sp³-hybridized carbons (Fsp3) is 0.500. The van der Waals surface area contributed by atoms with Crippen molar-refractivity contribution in [1.82, 2.24) is 29.7 Å². The Bertz CT molecular complexity index is 1400. The first-order chi connectivity index (χ1) is 17.5. The van der Waals surface area contributed by atoms with E-state index in [4.69, 9.17) is 30.8 Å².